The molecule has 0 fully saturated rings. The van der Waals surface area contributed by atoms with Gasteiger partial charge >= 0.3 is 0 Å². The highest BCUT2D eigenvalue weighted by Crippen LogP contribution is 2.30. The van der Waals surface area contributed by atoms with Gasteiger partial charge in [0.15, 0.2) is 0 Å². The lowest BCUT2D eigenvalue weighted by Gasteiger charge is -2.11. The van der Waals surface area contributed by atoms with Crippen LogP contribution < -0.4 is 10.1 Å². The average Bonchev–Trinajstić information content (AvgIpc) is 3.12. The molecule has 3 heterocycles. The topological polar surface area (TPSA) is 81.4 Å². The molecular weight excluding hydrogens is 410 g/mol. The number of nitrogens with one attached hydrogen (secondary N) is 1. The highest BCUT2D eigenvalue weighted by atomic mass is 79.9. The molecule has 1 aromatic carbocycles. The summed E-state index contributed by atoms with van der Waals surface area (Å²) in [5.74, 6) is 0.877. The number of nitrogens with zero attached hydrogens (tertiary/aromatic N) is 4. The minimum absolute atomic E-state index is 0.282. The van der Waals surface area contributed by atoms with Crippen LogP contribution in [0.15, 0.2) is 65.8 Å². The molecule has 4 aromatic rings. The number of carbonyl (C=O) groups excluding carboxylic acids is 1. The number of methoxy groups -OCH3 is 1. The molecule has 0 saturated heterocycles. The van der Waals surface area contributed by atoms with Gasteiger partial charge in [0.25, 0.3) is 5.91 Å². The van der Waals surface area contributed by atoms with Crippen LogP contribution in [0.25, 0.3) is 17.0 Å². The van der Waals surface area contributed by atoms with E-state index in [1.54, 1.807) is 31.6 Å². The molecule has 0 aliphatic rings. The molecule has 27 heavy (non-hydrogen) atoms. The Labute approximate surface area is 163 Å². The van der Waals surface area contributed by atoms with Crippen LogP contribution in [0.2, 0.25) is 0 Å². The van der Waals surface area contributed by atoms with Crippen molar-refractivity contribution in [2.45, 2.75) is 0 Å². The van der Waals surface area contributed by atoms with Gasteiger partial charge in [0.05, 0.1) is 24.1 Å². The van der Waals surface area contributed by atoms with E-state index in [1.807, 2.05) is 35.0 Å². The zero-order chi connectivity index (χ0) is 18.8. The van der Waals surface area contributed by atoms with Crippen molar-refractivity contribution in [3.63, 3.8) is 0 Å². The lowest BCUT2D eigenvalue weighted by Crippen LogP contribution is -2.13. The van der Waals surface area contributed by atoms with Crippen LogP contribution in [-0.4, -0.2) is 32.4 Å². The number of hydrogen-bond acceptors (Lipinski definition) is 5. The van der Waals surface area contributed by atoms with Gasteiger partial charge in [0, 0.05) is 41.0 Å². The second kappa shape index (κ2) is 7.16. The quantitative estimate of drug-likeness (QED) is 0.539. The summed E-state index contributed by atoms with van der Waals surface area (Å²) >= 11 is 3.32. The fraction of sp³-hybridized carbons (Fsp3) is 0.0526. The zero-order valence-corrected chi connectivity index (χ0v) is 15.8. The van der Waals surface area contributed by atoms with Crippen molar-refractivity contribution in [2.24, 2.45) is 0 Å². The van der Waals surface area contributed by atoms with Crippen LogP contribution in [0, 0.1) is 0 Å². The summed E-state index contributed by atoms with van der Waals surface area (Å²) in [6.07, 6.45) is 8.58. The van der Waals surface area contributed by atoms with Gasteiger partial charge in [-0.05, 0) is 46.3 Å². The Balaban J connectivity index is 1.69. The first-order valence-corrected chi connectivity index (χ1v) is 8.83. The summed E-state index contributed by atoms with van der Waals surface area (Å²) in [5, 5.41) is 2.87. The summed E-state index contributed by atoms with van der Waals surface area (Å²) in [5.41, 5.74) is 2.57. The van der Waals surface area contributed by atoms with Crippen LogP contribution in [0.4, 0.5) is 5.69 Å². The molecular formula is C19H14BrN5O2. The van der Waals surface area contributed by atoms with Crippen LogP contribution in [0.3, 0.4) is 0 Å². The highest BCUT2D eigenvalue weighted by molar-refractivity contribution is 9.10. The maximum absolute atomic E-state index is 12.6. The number of ether oxygens (including phenoxy) is 1. The van der Waals surface area contributed by atoms with Crippen molar-refractivity contribution in [3.8, 4) is 17.0 Å². The maximum Gasteiger partial charge on any atom is 0.257 e. The molecule has 1 N–H and O–H groups in total. The molecule has 7 nitrogen and oxygen atoms in total. The predicted octanol–water partition coefficient (Wildman–Crippen LogP) is 3.81. The molecule has 3 aromatic heterocycles. The second-order valence-corrected chi connectivity index (χ2v) is 6.63. The van der Waals surface area contributed by atoms with Crippen molar-refractivity contribution in [1.82, 2.24) is 19.4 Å². The SMILES string of the molecule is COc1ccc(-c2cn3cccnc3n2)cc1NC(=O)c1cncc(Br)c1. The molecule has 0 bridgehead atoms. The molecule has 0 aliphatic carbocycles. The number of aromatic nitrogens is 4. The summed E-state index contributed by atoms with van der Waals surface area (Å²) in [7, 11) is 1.56. The van der Waals surface area contributed by atoms with Crippen LogP contribution >= 0.6 is 15.9 Å². The summed E-state index contributed by atoms with van der Waals surface area (Å²) in [4.78, 5) is 25.3. The number of imidazole rings is 1. The van der Waals surface area contributed by atoms with Crippen molar-refractivity contribution in [1.29, 1.82) is 0 Å². The highest BCUT2D eigenvalue weighted by Gasteiger charge is 2.13. The Hall–Kier alpha value is -3.26. The zero-order valence-electron chi connectivity index (χ0n) is 14.3. The van der Waals surface area contributed by atoms with E-state index >= 15 is 0 Å². The van der Waals surface area contributed by atoms with E-state index in [2.05, 4.69) is 36.2 Å². The number of anilines is 1. The van der Waals surface area contributed by atoms with Gasteiger partial charge in [-0.15, -0.1) is 0 Å². The van der Waals surface area contributed by atoms with Gasteiger partial charge in [-0.2, -0.15) is 0 Å². The van der Waals surface area contributed by atoms with E-state index in [9.17, 15) is 4.79 Å². The summed E-state index contributed by atoms with van der Waals surface area (Å²) < 4.78 is 7.95. The number of rotatable bonds is 4. The van der Waals surface area contributed by atoms with Gasteiger partial charge in [0.1, 0.15) is 5.75 Å². The third kappa shape index (κ3) is 3.52. The van der Waals surface area contributed by atoms with Crippen molar-refractivity contribution >= 4 is 33.3 Å². The number of halogens is 1. The predicted molar refractivity (Wildman–Crippen MR) is 105 cm³/mol. The van der Waals surface area contributed by atoms with Crippen molar-refractivity contribution in [2.75, 3.05) is 12.4 Å². The molecule has 134 valence electrons. The number of pyridine rings is 1. The minimum Gasteiger partial charge on any atom is -0.495 e. The molecule has 0 radical (unpaired) electrons. The summed E-state index contributed by atoms with van der Waals surface area (Å²) in [6, 6.07) is 9.04. The van der Waals surface area contributed by atoms with E-state index in [-0.39, 0.29) is 5.91 Å². The molecule has 8 heteroatoms. The van der Waals surface area contributed by atoms with Crippen LogP contribution in [-0.2, 0) is 0 Å². The van der Waals surface area contributed by atoms with Crippen LogP contribution in [0.1, 0.15) is 10.4 Å². The normalized spacial score (nSPS) is 10.7. The smallest absolute Gasteiger partial charge is 0.257 e. The first-order chi connectivity index (χ1) is 13.1. The van der Waals surface area contributed by atoms with Crippen molar-refractivity contribution < 1.29 is 9.53 Å². The Bertz CT molecular complexity index is 1110. The lowest BCUT2D eigenvalue weighted by molar-refractivity contribution is 0.102. The van der Waals surface area contributed by atoms with E-state index in [0.29, 0.717) is 22.8 Å². The van der Waals surface area contributed by atoms with E-state index in [0.717, 1.165) is 15.7 Å². The fourth-order valence-electron chi connectivity index (χ4n) is 2.66. The number of amides is 1. The van der Waals surface area contributed by atoms with Gasteiger partial charge in [-0.3, -0.25) is 14.2 Å². The van der Waals surface area contributed by atoms with E-state index in [1.165, 1.54) is 6.20 Å². The van der Waals surface area contributed by atoms with Gasteiger partial charge in [-0.25, -0.2) is 9.97 Å². The molecule has 0 spiro atoms. The van der Waals surface area contributed by atoms with E-state index < -0.39 is 0 Å². The molecule has 0 unspecified atom stereocenters. The number of carbonyl (C=O) groups is 1. The lowest BCUT2D eigenvalue weighted by atomic mass is 10.1. The fourth-order valence-corrected chi connectivity index (χ4v) is 3.03. The number of fused-ring (bicyclic) bond motifs is 1. The van der Waals surface area contributed by atoms with Crippen molar-refractivity contribution in [3.05, 3.63) is 71.4 Å². The first kappa shape index (κ1) is 17.2. The third-order valence-corrected chi connectivity index (χ3v) is 4.38. The van der Waals surface area contributed by atoms with E-state index in [4.69, 9.17) is 4.74 Å². The molecule has 0 saturated carbocycles. The largest absolute Gasteiger partial charge is 0.495 e. The third-order valence-electron chi connectivity index (χ3n) is 3.95. The molecule has 1 amide bonds. The Kier molecular flexibility index (Phi) is 4.55. The van der Waals surface area contributed by atoms with Gasteiger partial charge < -0.3 is 10.1 Å². The Morgan fingerprint density at radius 3 is 2.93 bits per heavy atom. The monoisotopic (exact) mass is 423 g/mol. The van der Waals surface area contributed by atoms with Gasteiger partial charge in [-0.1, -0.05) is 0 Å². The number of hydrogen-bond donors (Lipinski definition) is 1. The molecule has 4 rings (SSSR count). The average molecular weight is 424 g/mol. The molecule has 0 aliphatic heterocycles. The Morgan fingerprint density at radius 1 is 1.26 bits per heavy atom. The standard InChI is InChI=1S/C19H14BrN5O2/c1-27-17-4-3-12(16-11-25-6-2-5-22-19(25)24-16)8-15(17)23-18(26)13-7-14(20)10-21-9-13/h2-11H,1H3,(H,23,26). The maximum atomic E-state index is 12.6. The minimum atomic E-state index is -0.282. The van der Waals surface area contributed by atoms with Gasteiger partial charge in [0.2, 0.25) is 5.78 Å². The number of benzene rings is 1. The molecule has 0 atom stereocenters. The Morgan fingerprint density at radius 2 is 2.15 bits per heavy atom. The first-order valence-electron chi connectivity index (χ1n) is 8.04. The second-order valence-electron chi connectivity index (χ2n) is 5.71. The van der Waals surface area contributed by atoms with Crippen LogP contribution in [0.5, 0.6) is 5.75 Å². The summed E-state index contributed by atoms with van der Waals surface area (Å²) in [6.45, 7) is 0.